The number of halogens is 1. The fraction of sp³-hybridized carbons (Fsp3) is 0.0500. The first kappa shape index (κ1) is 15.2. The highest BCUT2D eigenvalue weighted by Gasteiger charge is 2.42. The topological polar surface area (TPSA) is 32.8 Å². The number of rotatable bonds is 3. The molecule has 1 aliphatic rings. The van der Waals surface area contributed by atoms with Gasteiger partial charge in [0.05, 0.1) is 5.69 Å². The number of para-hydroxylation sites is 2. The zero-order valence-electron chi connectivity index (χ0n) is 13.2. The summed E-state index contributed by atoms with van der Waals surface area (Å²) in [5.74, 6) is -0.327. The van der Waals surface area contributed by atoms with Gasteiger partial charge in [-0.2, -0.15) is 5.06 Å². The summed E-state index contributed by atoms with van der Waals surface area (Å²) < 4.78 is 13.4. The number of carbonyl (C=O) groups excluding carboxylic acids is 1. The van der Waals surface area contributed by atoms with Gasteiger partial charge in [-0.25, -0.2) is 14.1 Å². The highest BCUT2D eigenvalue weighted by Crippen LogP contribution is 2.39. The minimum atomic E-state index is -0.530. The zero-order chi connectivity index (χ0) is 17.2. The third kappa shape index (κ3) is 2.80. The fourth-order valence-corrected chi connectivity index (χ4v) is 2.91. The van der Waals surface area contributed by atoms with Crippen molar-refractivity contribution in [3.05, 3.63) is 96.3 Å². The Morgan fingerprint density at radius 3 is 1.92 bits per heavy atom. The highest BCUT2D eigenvalue weighted by molar-refractivity contribution is 5.92. The number of hydroxylamine groups is 1. The zero-order valence-corrected chi connectivity index (χ0v) is 13.2. The van der Waals surface area contributed by atoms with Crippen LogP contribution in [0.25, 0.3) is 0 Å². The molecule has 0 radical (unpaired) electrons. The number of amides is 1. The van der Waals surface area contributed by atoms with E-state index in [0.29, 0.717) is 5.69 Å². The van der Waals surface area contributed by atoms with Gasteiger partial charge in [-0.05, 0) is 42.0 Å². The molecule has 0 spiro atoms. The van der Waals surface area contributed by atoms with Crippen molar-refractivity contribution in [1.29, 1.82) is 0 Å². The lowest BCUT2D eigenvalue weighted by molar-refractivity contribution is 0.164. The summed E-state index contributed by atoms with van der Waals surface area (Å²) in [5, 5.41) is 1.54. The van der Waals surface area contributed by atoms with Crippen molar-refractivity contribution in [2.45, 2.75) is 6.17 Å². The second kappa shape index (κ2) is 6.28. The molecule has 3 aromatic rings. The van der Waals surface area contributed by atoms with Crippen molar-refractivity contribution in [2.24, 2.45) is 0 Å². The van der Waals surface area contributed by atoms with Gasteiger partial charge in [-0.1, -0.05) is 48.5 Å². The second-order valence-corrected chi connectivity index (χ2v) is 5.65. The smallest absolute Gasteiger partial charge is 0.319 e. The maximum Gasteiger partial charge on any atom is 0.440 e. The monoisotopic (exact) mass is 334 g/mol. The van der Waals surface area contributed by atoms with Crippen LogP contribution in [0.3, 0.4) is 0 Å². The van der Waals surface area contributed by atoms with Crippen LogP contribution in [0.4, 0.5) is 20.6 Å². The van der Waals surface area contributed by atoms with Crippen molar-refractivity contribution >= 4 is 17.5 Å². The molecule has 25 heavy (non-hydrogen) atoms. The summed E-state index contributed by atoms with van der Waals surface area (Å²) in [6, 6.07) is 24.7. The number of hydrogen-bond donors (Lipinski definition) is 0. The normalized spacial score (nSPS) is 16.8. The maximum atomic E-state index is 13.4. The van der Waals surface area contributed by atoms with Gasteiger partial charge in [0, 0.05) is 5.69 Å². The quantitative estimate of drug-likeness (QED) is 0.683. The summed E-state index contributed by atoms with van der Waals surface area (Å²) in [6.07, 6.45) is -1.01. The minimum Gasteiger partial charge on any atom is -0.319 e. The van der Waals surface area contributed by atoms with Crippen LogP contribution in [-0.4, -0.2) is 6.09 Å². The van der Waals surface area contributed by atoms with E-state index in [4.69, 9.17) is 4.84 Å². The van der Waals surface area contributed by atoms with Crippen LogP contribution in [0.1, 0.15) is 11.7 Å². The van der Waals surface area contributed by atoms with E-state index in [-0.39, 0.29) is 5.82 Å². The van der Waals surface area contributed by atoms with Crippen LogP contribution < -0.4 is 9.96 Å². The largest absolute Gasteiger partial charge is 0.440 e. The van der Waals surface area contributed by atoms with Gasteiger partial charge in [0.25, 0.3) is 0 Å². The van der Waals surface area contributed by atoms with Gasteiger partial charge in [-0.15, -0.1) is 0 Å². The molecule has 0 bridgehead atoms. The summed E-state index contributed by atoms with van der Waals surface area (Å²) >= 11 is 0. The van der Waals surface area contributed by atoms with Crippen molar-refractivity contribution in [3.63, 3.8) is 0 Å². The Bertz CT molecular complexity index is 869. The minimum absolute atomic E-state index is 0.327. The molecular formula is C20H15FN2O2. The van der Waals surface area contributed by atoms with Gasteiger partial charge < -0.3 is 4.84 Å². The van der Waals surface area contributed by atoms with Crippen LogP contribution in [0.5, 0.6) is 0 Å². The molecule has 3 aromatic carbocycles. The van der Waals surface area contributed by atoms with Crippen molar-refractivity contribution in [3.8, 4) is 0 Å². The van der Waals surface area contributed by atoms with Crippen LogP contribution in [0.15, 0.2) is 84.9 Å². The van der Waals surface area contributed by atoms with Gasteiger partial charge >= 0.3 is 6.09 Å². The molecule has 0 N–H and O–H groups in total. The number of hydrogen-bond acceptors (Lipinski definition) is 3. The standard InChI is InChI=1S/C20H15FN2O2/c21-16-13-11-15(12-14-16)19-22(17-7-3-1-4-8-17)20(24)25-23(19)18-9-5-2-6-10-18/h1-14,19H. The van der Waals surface area contributed by atoms with E-state index < -0.39 is 12.3 Å². The van der Waals surface area contributed by atoms with Gasteiger partial charge in [0.15, 0.2) is 6.17 Å². The number of nitrogens with zero attached hydrogens (tertiary/aromatic N) is 2. The Morgan fingerprint density at radius 1 is 0.760 bits per heavy atom. The third-order valence-corrected chi connectivity index (χ3v) is 4.05. The van der Waals surface area contributed by atoms with Crippen LogP contribution >= 0.6 is 0 Å². The molecule has 1 saturated heterocycles. The van der Waals surface area contributed by atoms with E-state index in [2.05, 4.69) is 0 Å². The summed E-state index contributed by atoms with van der Waals surface area (Å²) in [5.41, 5.74) is 2.20. The summed E-state index contributed by atoms with van der Waals surface area (Å²) in [4.78, 5) is 19.7. The molecule has 1 amide bonds. The average Bonchev–Trinajstić information content (AvgIpc) is 3.01. The van der Waals surface area contributed by atoms with Gasteiger partial charge in [0.1, 0.15) is 5.82 Å². The SMILES string of the molecule is O=C1ON(c2ccccc2)C(c2ccc(F)cc2)N1c1ccccc1. The van der Waals surface area contributed by atoms with E-state index in [0.717, 1.165) is 11.3 Å². The number of carbonyl (C=O) groups is 1. The van der Waals surface area contributed by atoms with Crippen molar-refractivity contribution < 1.29 is 14.0 Å². The first-order valence-corrected chi connectivity index (χ1v) is 7.90. The lowest BCUT2D eigenvalue weighted by Crippen LogP contribution is -2.31. The molecule has 0 aliphatic carbocycles. The number of benzene rings is 3. The number of anilines is 2. The Labute approximate surface area is 144 Å². The van der Waals surface area contributed by atoms with E-state index in [1.165, 1.54) is 12.1 Å². The van der Waals surface area contributed by atoms with E-state index in [1.807, 2.05) is 60.7 Å². The third-order valence-electron chi connectivity index (χ3n) is 4.05. The molecule has 1 heterocycles. The Kier molecular flexibility index (Phi) is 3.82. The van der Waals surface area contributed by atoms with E-state index >= 15 is 0 Å². The summed E-state index contributed by atoms with van der Waals surface area (Å²) in [6.45, 7) is 0. The fourth-order valence-electron chi connectivity index (χ4n) is 2.91. The molecule has 5 heteroatoms. The molecule has 1 aliphatic heterocycles. The van der Waals surface area contributed by atoms with Crippen LogP contribution in [0, 0.1) is 5.82 Å². The lowest BCUT2D eigenvalue weighted by atomic mass is 10.1. The average molecular weight is 334 g/mol. The molecule has 1 unspecified atom stereocenters. The Hall–Kier alpha value is -3.34. The lowest BCUT2D eigenvalue weighted by Gasteiger charge is -2.27. The molecule has 0 saturated carbocycles. The molecule has 1 fully saturated rings. The molecule has 124 valence electrons. The van der Waals surface area contributed by atoms with Gasteiger partial charge in [0.2, 0.25) is 0 Å². The first-order chi connectivity index (χ1) is 12.2. The molecule has 1 atom stereocenters. The predicted octanol–water partition coefficient (Wildman–Crippen LogP) is 4.90. The Morgan fingerprint density at radius 2 is 1.32 bits per heavy atom. The van der Waals surface area contributed by atoms with E-state index in [9.17, 15) is 9.18 Å². The van der Waals surface area contributed by atoms with Crippen LogP contribution in [0.2, 0.25) is 0 Å². The maximum absolute atomic E-state index is 13.4. The molecule has 0 aromatic heterocycles. The molecule has 4 nitrogen and oxygen atoms in total. The molecule has 4 rings (SSSR count). The van der Waals surface area contributed by atoms with E-state index in [1.54, 1.807) is 22.1 Å². The molecular weight excluding hydrogens is 319 g/mol. The predicted molar refractivity (Wildman–Crippen MR) is 93.5 cm³/mol. The summed E-state index contributed by atoms with van der Waals surface area (Å²) in [7, 11) is 0. The highest BCUT2D eigenvalue weighted by atomic mass is 19.1. The van der Waals surface area contributed by atoms with Crippen molar-refractivity contribution in [1.82, 2.24) is 0 Å². The van der Waals surface area contributed by atoms with Crippen LogP contribution in [-0.2, 0) is 4.84 Å². The Balaban J connectivity index is 1.83. The van der Waals surface area contributed by atoms with Gasteiger partial charge in [-0.3, -0.25) is 0 Å². The second-order valence-electron chi connectivity index (χ2n) is 5.65. The first-order valence-electron chi connectivity index (χ1n) is 7.90. The van der Waals surface area contributed by atoms with Crippen molar-refractivity contribution in [2.75, 3.05) is 9.96 Å².